The molecule has 1 rings (SSSR count). The van der Waals surface area contributed by atoms with Crippen LogP contribution < -0.4 is 0 Å². The van der Waals surface area contributed by atoms with Crippen molar-refractivity contribution in [2.45, 2.75) is 59.0 Å². The molecule has 0 N–H and O–H groups in total. The molecular weight excluding hydrogens is 230 g/mol. The Labute approximate surface area is 110 Å². The Hall–Kier alpha value is -1.06. The first kappa shape index (κ1) is 15.0. The summed E-state index contributed by atoms with van der Waals surface area (Å²) < 4.78 is 5.34. The highest BCUT2D eigenvalue weighted by molar-refractivity contribution is 5.84. The predicted molar refractivity (Wildman–Crippen MR) is 70.4 cm³/mol. The minimum Gasteiger partial charge on any atom is -0.444 e. The molecule has 0 aromatic carbocycles. The summed E-state index contributed by atoms with van der Waals surface area (Å²) in [6.45, 7) is 8.34. The van der Waals surface area contributed by atoms with Crippen LogP contribution in [0, 0.1) is 5.92 Å². The van der Waals surface area contributed by atoms with Gasteiger partial charge in [-0.05, 0) is 46.0 Å². The Morgan fingerprint density at radius 2 is 1.89 bits per heavy atom. The highest BCUT2D eigenvalue weighted by Crippen LogP contribution is 2.30. The van der Waals surface area contributed by atoms with Crippen molar-refractivity contribution in [1.82, 2.24) is 4.90 Å². The van der Waals surface area contributed by atoms with Gasteiger partial charge in [-0.15, -0.1) is 0 Å². The van der Waals surface area contributed by atoms with Crippen molar-refractivity contribution in [2.24, 2.45) is 5.92 Å². The second kappa shape index (κ2) is 6.21. The minimum absolute atomic E-state index is 0.115. The Morgan fingerprint density at radius 3 is 2.33 bits per heavy atom. The molecule has 1 fully saturated rings. The molecule has 1 aliphatic carbocycles. The number of hydrogen-bond donors (Lipinski definition) is 0. The van der Waals surface area contributed by atoms with E-state index < -0.39 is 5.60 Å². The molecule has 0 aromatic rings. The molecule has 0 saturated heterocycles. The molecule has 18 heavy (non-hydrogen) atoms. The molecule has 4 nitrogen and oxygen atoms in total. The molecular formula is C14H25NO3. The van der Waals surface area contributed by atoms with E-state index in [4.69, 9.17) is 4.74 Å². The van der Waals surface area contributed by atoms with Gasteiger partial charge in [0.2, 0.25) is 0 Å². The van der Waals surface area contributed by atoms with Crippen LogP contribution in [-0.4, -0.2) is 35.5 Å². The molecule has 1 saturated carbocycles. The third-order valence-corrected chi connectivity index (χ3v) is 2.72. The standard InChI is InChI=1S/C14H25NO3/c1-5-6-12(16)10-15(9-11-7-8-11)13(17)18-14(2,3)4/h11H,5-10H2,1-4H3. The summed E-state index contributed by atoms with van der Waals surface area (Å²) in [4.78, 5) is 25.3. The van der Waals surface area contributed by atoms with Crippen LogP contribution in [0.2, 0.25) is 0 Å². The fourth-order valence-corrected chi connectivity index (χ4v) is 1.71. The Morgan fingerprint density at radius 1 is 1.28 bits per heavy atom. The van der Waals surface area contributed by atoms with Crippen molar-refractivity contribution in [3.8, 4) is 0 Å². The lowest BCUT2D eigenvalue weighted by molar-refractivity contribution is -0.120. The quantitative estimate of drug-likeness (QED) is 0.733. The fraction of sp³-hybridized carbons (Fsp3) is 0.857. The number of rotatable bonds is 6. The first-order chi connectivity index (χ1) is 8.31. The van der Waals surface area contributed by atoms with Gasteiger partial charge in [-0.3, -0.25) is 4.79 Å². The molecule has 1 aliphatic rings. The van der Waals surface area contributed by atoms with E-state index in [0.717, 1.165) is 19.3 Å². The van der Waals surface area contributed by atoms with E-state index in [9.17, 15) is 9.59 Å². The molecule has 0 atom stereocenters. The molecule has 1 amide bonds. The Balaban J connectivity index is 2.53. The lowest BCUT2D eigenvalue weighted by atomic mass is 10.2. The molecule has 0 bridgehead atoms. The number of ketones is 1. The zero-order valence-corrected chi connectivity index (χ0v) is 12.0. The average molecular weight is 255 g/mol. The van der Waals surface area contributed by atoms with Gasteiger partial charge >= 0.3 is 6.09 Å². The zero-order chi connectivity index (χ0) is 13.8. The summed E-state index contributed by atoms with van der Waals surface area (Å²) in [5.74, 6) is 0.677. The van der Waals surface area contributed by atoms with Gasteiger partial charge in [0.25, 0.3) is 0 Å². The van der Waals surface area contributed by atoms with E-state index >= 15 is 0 Å². The first-order valence-corrected chi connectivity index (χ1v) is 6.81. The van der Waals surface area contributed by atoms with Crippen LogP contribution in [0.1, 0.15) is 53.4 Å². The number of ether oxygens (including phenoxy) is 1. The molecule has 104 valence electrons. The van der Waals surface area contributed by atoms with Crippen LogP contribution >= 0.6 is 0 Å². The van der Waals surface area contributed by atoms with E-state index in [1.165, 1.54) is 0 Å². The molecule has 0 heterocycles. The normalized spacial score (nSPS) is 15.3. The van der Waals surface area contributed by atoms with Gasteiger partial charge in [-0.1, -0.05) is 6.92 Å². The monoisotopic (exact) mass is 255 g/mol. The van der Waals surface area contributed by atoms with Crippen molar-refractivity contribution < 1.29 is 14.3 Å². The van der Waals surface area contributed by atoms with Gasteiger partial charge in [0.1, 0.15) is 5.60 Å². The number of nitrogens with zero attached hydrogens (tertiary/aromatic N) is 1. The van der Waals surface area contributed by atoms with E-state index in [1.54, 1.807) is 4.90 Å². The molecule has 0 aromatic heterocycles. The second-order valence-corrected chi connectivity index (χ2v) is 6.09. The van der Waals surface area contributed by atoms with Crippen LogP contribution in [-0.2, 0) is 9.53 Å². The van der Waals surface area contributed by atoms with E-state index in [1.807, 2.05) is 27.7 Å². The Bertz CT molecular complexity index is 303. The van der Waals surface area contributed by atoms with Crippen LogP contribution in [0.4, 0.5) is 4.79 Å². The van der Waals surface area contributed by atoms with E-state index in [2.05, 4.69) is 0 Å². The minimum atomic E-state index is -0.507. The number of amides is 1. The summed E-state index contributed by atoms with van der Waals surface area (Å²) in [7, 11) is 0. The van der Waals surface area contributed by atoms with Crippen LogP contribution in [0.3, 0.4) is 0 Å². The summed E-state index contributed by atoms with van der Waals surface area (Å²) in [5.41, 5.74) is -0.507. The van der Waals surface area contributed by atoms with Crippen molar-refractivity contribution >= 4 is 11.9 Å². The maximum atomic E-state index is 12.0. The lowest BCUT2D eigenvalue weighted by Crippen LogP contribution is -2.40. The summed E-state index contributed by atoms with van der Waals surface area (Å²) in [6, 6.07) is 0. The molecule has 0 unspecified atom stereocenters. The molecule has 4 heteroatoms. The van der Waals surface area contributed by atoms with Crippen LogP contribution in [0.15, 0.2) is 0 Å². The number of carbonyl (C=O) groups excluding carboxylic acids is 2. The smallest absolute Gasteiger partial charge is 0.410 e. The van der Waals surface area contributed by atoms with Crippen LogP contribution in [0.25, 0.3) is 0 Å². The SMILES string of the molecule is CCCC(=O)CN(CC1CC1)C(=O)OC(C)(C)C. The summed E-state index contributed by atoms with van der Waals surface area (Å²) in [6.07, 6.45) is 3.30. The zero-order valence-electron chi connectivity index (χ0n) is 12.0. The highest BCUT2D eigenvalue weighted by atomic mass is 16.6. The largest absolute Gasteiger partial charge is 0.444 e. The topological polar surface area (TPSA) is 46.6 Å². The number of carbonyl (C=O) groups is 2. The number of Topliss-reactive ketones (excluding diaryl/α,β-unsaturated/α-hetero) is 1. The van der Waals surface area contributed by atoms with E-state index in [0.29, 0.717) is 18.9 Å². The van der Waals surface area contributed by atoms with Gasteiger partial charge < -0.3 is 9.64 Å². The second-order valence-electron chi connectivity index (χ2n) is 6.09. The first-order valence-electron chi connectivity index (χ1n) is 6.81. The summed E-state index contributed by atoms with van der Waals surface area (Å²) >= 11 is 0. The Kier molecular flexibility index (Phi) is 5.17. The fourth-order valence-electron chi connectivity index (χ4n) is 1.71. The van der Waals surface area contributed by atoms with Crippen LogP contribution in [0.5, 0.6) is 0 Å². The maximum Gasteiger partial charge on any atom is 0.410 e. The molecule has 0 spiro atoms. The summed E-state index contributed by atoms with van der Waals surface area (Å²) in [5, 5.41) is 0. The predicted octanol–water partition coefficient (Wildman–Crippen LogP) is 3.00. The van der Waals surface area contributed by atoms with Gasteiger partial charge in [-0.25, -0.2) is 4.79 Å². The van der Waals surface area contributed by atoms with Crippen molar-refractivity contribution in [3.05, 3.63) is 0 Å². The van der Waals surface area contributed by atoms with E-state index in [-0.39, 0.29) is 18.4 Å². The molecule has 0 radical (unpaired) electrons. The van der Waals surface area contributed by atoms with Gasteiger partial charge in [0, 0.05) is 13.0 Å². The van der Waals surface area contributed by atoms with Crippen molar-refractivity contribution in [2.75, 3.05) is 13.1 Å². The molecule has 0 aliphatic heterocycles. The van der Waals surface area contributed by atoms with Crippen molar-refractivity contribution in [1.29, 1.82) is 0 Å². The number of hydrogen-bond acceptors (Lipinski definition) is 3. The third kappa shape index (κ3) is 6.03. The van der Waals surface area contributed by atoms with Gasteiger partial charge in [-0.2, -0.15) is 0 Å². The lowest BCUT2D eigenvalue weighted by Gasteiger charge is -2.27. The third-order valence-electron chi connectivity index (χ3n) is 2.72. The van der Waals surface area contributed by atoms with Crippen molar-refractivity contribution in [3.63, 3.8) is 0 Å². The highest BCUT2D eigenvalue weighted by Gasteiger charge is 2.30. The van der Waals surface area contributed by atoms with Gasteiger partial charge in [0.05, 0.1) is 6.54 Å². The maximum absolute atomic E-state index is 12.0. The average Bonchev–Trinajstić information content (AvgIpc) is 2.98. The van der Waals surface area contributed by atoms with Gasteiger partial charge in [0.15, 0.2) is 5.78 Å².